The lowest BCUT2D eigenvalue weighted by Crippen LogP contribution is -2.28. The van der Waals surface area contributed by atoms with Gasteiger partial charge < -0.3 is 5.32 Å². The molecule has 1 unspecified atom stereocenters. The first-order chi connectivity index (χ1) is 9.32. The summed E-state index contributed by atoms with van der Waals surface area (Å²) in [6.45, 7) is 5.70. The van der Waals surface area contributed by atoms with Crippen LogP contribution in [-0.4, -0.2) is 22.0 Å². The SMILES string of the molecule is CNCc1ccc(CS(=O)(=O)NCC2CC2(C)C)cc1. The number of sulfonamides is 1. The van der Waals surface area contributed by atoms with Crippen molar-refractivity contribution in [2.24, 2.45) is 11.3 Å². The molecule has 0 aliphatic heterocycles. The van der Waals surface area contributed by atoms with Crippen molar-refractivity contribution in [3.05, 3.63) is 35.4 Å². The van der Waals surface area contributed by atoms with Crippen LogP contribution < -0.4 is 10.0 Å². The summed E-state index contributed by atoms with van der Waals surface area (Å²) in [5, 5.41) is 3.07. The number of hydrogen-bond donors (Lipinski definition) is 2. The highest BCUT2D eigenvalue weighted by atomic mass is 32.2. The van der Waals surface area contributed by atoms with E-state index in [2.05, 4.69) is 23.9 Å². The van der Waals surface area contributed by atoms with E-state index in [1.54, 1.807) is 0 Å². The Hall–Kier alpha value is -0.910. The predicted octanol–water partition coefficient (Wildman–Crippen LogP) is 1.87. The third kappa shape index (κ3) is 4.30. The molecule has 1 fully saturated rings. The Labute approximate surface area is 122 Å². The van der Waals surface area contributed by atoms with Crippen molar-refractivity contribution in [2.75, 3.05) is 13.6 Å². The van der Waals surface area contributed by atoms with E-state index in [-0.39, 0.29) is 5.75 Å². The summed E-state index contributed by atoms with van der Waals surface area (Å²) in [5.41, 5.74) is 2.28. The van der Waals surface area contributed by atoms with E-state index in [4.69, 9.17) is 0 Å². The molecule has 0 bridgehead atoms. The van der Waals surface area contributed by atoms with Crippen molar-refractivity contribution in [1.29, 1.82) is 0 Å². The van der Waals surface area contributed by atoms with Gasteiger partial charge in [0, 0.05) is 13.1 Å². The average Bonchev–Trinajstić information content (AvgIpc) is 2.98. The average molecular weight is 296 g/mol. The molecule has 1 saturated carbocycles. The fourth-order valence-corrected chi connectivity index (χ4v) is 3.57. The van der Waals surface area contributed by atoms with Crippen LogP contribution in [0.1, 0.15) is 31.4 Å². The molecule has 0 amide bonds. The summed E-state index contributed by atoms with van der Waals surface area (Å²) in [4.78, 5) is 0. The maximum absolute atomic E-state index is 12.0. The lowest BCUT2D eigenvalue weighted by atomic mass is 10.1. The molecule has 112 valence electrons. The van der Waals surface area contributed by atoms with E-state index in [1.165, 1.54) is 0 Å². The van der Waals surface area contributed by atoms with Gasteiger partial charge in [0.25, 0.3) is 0 Å². The zero-order valence-electron chi connectivity index (χ0n) is 12.4. The van der Waals surface area contributed by atoms with Crippen molar-refractivity contribution in [3.63, 3.8) is 0 Å². The number of benzene rings is 1. The molecule has 0 radical (unpaired) electrons. The van der Waals surface area contributed by atoms with Crippen LogP contribution in [0.3, 0.4) is 0 Å². The minimum Gasteiger partial charge on any atom is -0.316 e. The summed E-state index contributed by atoms with van der Waals surface area (Å²) >= 11 is 0. The molecule has 0 saturated heterocycles. The van der Waals surface area contributed by atoms with Crippen molar-refractivity contribution in [2.45, 2.75) is 32.6 Å². The van der Waals surface area contributed by atoms with Gasteiger partial charge in [-0.15, -0.1) is 0 Å². The third-order valence-corrected chi connectivity index (χ3v) is 5.35. The van der Waals surface area contributed by atoms with Gasteiger partial charge in [-0.05, 0) is 35.9 Å². The van der Waals surface area contributed by atoms with E-state index in [0.717, 1.165) is 24.1 Å². The highest BCUT2D eigenvalue weighted by Gasteiger charge is 2.45. The molecule has 1 aromatic carbocycles. The maximum atomic E-state index is 12.0. The van der Waals surface area contributed by atoms with Crippen LogP contribution in [-0.2, 0) is 22.3 Å². The van der Waals surface area contributed by atoms with E-state index in [1.807, 2.05) is 31.3 Å². The Morgan fingerprint density at radius 1 is 1.20 bits per heavy atom. The highest BCUT2D eigenvalue weighted by molar-refractivity contribution is 7.88. The first kappa shape index (κ1) is 15.5. The van der Waals surface area contributed by atoms with Crippen LogP contribution in [0.25, 0.3) is 0 Å². The van der Waals surface area contributed by atoms with Crippen LogP contribution in [0.5, 0.6) is 0 Å². The minimum atomic E-state index is -3.23. The van der Waals surface area contributed by atoms with Gasteiger partial charge in [0.15, 0.2) is 0 Å². The largest absolute Gasteiger partial charge is 0.316 e. The Morgan fingerprint density at radius 2 is 1.75 bits per heavy atom. The lowest BCUT2D eigenvalue weighted by molar-refractivity contribution is 0.537. The predicted molar refractivity (Wildman–Crippen MR) is 81.7 cm³/mol. The second kappa shape index (κ2) is 5.84. The Balaban J connectivity index is 1.87. The van der Waals surface area contributed by atoms with E-state index in [0.29, 0.717) is 17.9 Å². The van der Waals surface area contributed by atoms with Gasteiger partial charge in [0.1, 0.15) is 0 Å². The Kier molecular flexibility index (Phi) is 4.52. The van der Waals surface area contributed by atoms with Crippen LogP contribution in [0.15, 0.2) is 24.3 Å². The molecule has 0 spiro atoms. The van der Waals surface area contributed by atoms with Crippen molar-refractivity contribution in [3.8, 4) is 0 Å². The van der Waals surface area contributed by atoms with Crippen LogP contribution in [0.4, 0.5) is 0 Å². The van der Waals surface area contributed by atoms with Gasteiger partial charge >= 0.3 is 0 Å². The second-order valence-electron chi connectivity index (χ2n) is 6.34. The molecule has 20 heavy (non-hydrogen) atoms. The molecule has 5 heteroatoms. The molecule has 1 aliphatic rings. The Morgan fingerprint density at radius 3 is 2.25 bits per heavy atom. The molecule has 0 heterocycles. The smallest absolute Gasteiger partial charge is 0.215 e. The third-order valence-electron chi connectivity index (χ3n) is 4.03. The summed E-state index contributed by atoms with van der Waals surface area (Å²) in [5.74, 6) is 0.537. The number of rotatable bonds is 7. The minimum absolute atomic E-state index is 0.0555. The first-order valence-corrected chi connectivity index (χ1v) is 8.67. The highest BCUT2D eigenvalue weighted by Crippen LogP contribution is 2.51. The molecule has 1 aliphatic carbocycles. The van der Waals surface area contributed by atoms with E-state index < -0.39 is 10.0 Å². The van der Waals surface area contributed by atoms with Crippen molar-refractivity contribution in [1.82, 2.24) is 10.0 Å². The molecule has 0 aromatic heterocycles. The van der Waals surface area contributed by atoms with Gasteiger partial charge in [-0.2, -0.15) is 0 Å². The fraction of sp³-hybridized carbons (Fsp3) is 0.600. The summed E-state index contributed by atoms with van der Waals surface area (Å²) in [7, 11) is -1.34. The van der Waals surface area contributed by atoms with Crippen molar-refractivity contribution < 1.29 is 8.42 Å². The molecular formula is C15H24N2O2S. The van der Waals surface area contributed by atoms with Gasteiger partial charge in [-0.3, -0.25) is 0 Å². The normalized spacial score (nSPS) is 20.9. The fourth-order valence-electron chi connectivity index (χ4n) is 2.38. The van der Waals surface area contributed by atoms with Crippen LogP contribution in [0, 0.1) is 11.3 Å². The molecular weight excluding hydrogens is 272 g/mol. The van der Waals surface area contributed by atoms with Crippen molar-refractivity contribution >= 4 is 10.0 Å². The van der Waals surface area contributed by atoms with E-state index >= 15 is 0 Å². The van der Waals surface area contributed by atoms with Crippen LogP contribution in [0.2, 0.25) is 0 Å². The second-order valence-corrected chi connectivity index (χ2v) is 8.15. The number of nitrogens with one attached hydrogen (secondary N) is 2. The first-order valence-electron chi connectivity index (χ1n) is 7.02. The molecule has 1 aromatic rings. The van der Waals surface area contributed by atoms with Gasteiger partial charge in [-0.1, -0.05) is 38.1 Å². The molecule has 2 N–H and O–H groups in total. The van der Waals surface area contributed by atoms with Gasteiger partial charge in [0.2, 0.25) is 10.0 Å². The number of hydrogen-bond acceptors (Lipinski definition) is 3. The van der Waals surface area contributed by atoms with E-state index in [9.17, 15) is 8.42 Å². The van der Waals surface area contributed by atoms with Gasteiger partial charge in [0.05, 0.1) is 5.75 Å². The Bertz CT molecular complexity index is 550. The molecule has 4 nitrogen and oxygen atoms in total. The molecule has 2 rings (SSSR count). The van der Waals surface area contributed by atoms with Crippen LogP contribution >= 0.6 is 0 Å². The molecule has 1 atom stereocenters. The lowest BCUT2D eigenvalue weighted by Gasteiger charge is -2.08. The quantitative estimate of drug-likeness (QED) is 0.807. The summed E-state index contributed by atoms with van der Waals surface area (Å²) in [6, 6.07) is 7.69. The monoisotopic (exact) mass is 296 g/mol. The van der Waals surface area contributed by atoms with Gasteiger partial charge in [-0.25, -0.2) is 13.1 Å². The summed E-state index contributed by atoms with van der Waals surface area (Å²) in [6.07, 6.45) is 1.11. The zero-order chi connectivity index (χ0) is 14.8. The topological polar surface area (TPSA) is 58.2 Å². The standard InChI is InChI=1S/C15H24N2O2S/c1-15(2)8-14(15)10-17-20(18,19)11-13-6-4-12(5-7-13)9-16-3/h4-7,14,16-17H,8-11H2,1-3H3. The maximum Gasteiger partial charge on any atom is 0.215 e. The zero-order valence-corrected chi connectivity index (χ0v) is 13.3. The summed E-state index contributed by atoms with van der Waals surface area (Å²) < 4.78 is 26.8.